The molecule has 7 rings (SSSR count). The van der Waals surface area contributed by atoms with Crippen molar-refractivity contribution in [2.24, 2.45) is 0 Å². The molecule has 242 valence electrons. The number of nitrogens with zero attached hydrogens (tertiary/aromatic N) is 6. The van der Waals surface area contributed by atoms with Gasteiger partial charge in [0, 0.05) is 76.0 Å². The number of aromatic nitrogens is 2. The first-order valence-corrected chi connectivity index (χ1v) is 15.7. The Kier molecular flexibility index (Phi) is 8.45. The van der Waals surface area contributed by atoms with E-state index in [2.05, 4.69) is 41.9 Å². The van der Waals surface area contributed by atoms with Gasteiger partial charge in [-0.15, -0.1) is 0 Å². The van der Waals surface area contributed by atoms with Gasteiger partial charge in [-0.25, -0.2) is 23.8 Å². The third-order valence-corrected chi connectivity index (χ3v) is 9.21. The number of anilines is 5. The van der Waals surface area contributed by atoms with E-state index >= 15 is 0 Å². The van der Waals surface area contributed by atoms with Crippen LogP contribution in [0.3, 0.4) is 0 Å². The highest BCUT2D eigenvalue weighted by Gasteiger charge is 2.38. The molecule has 1 amide bonds. The fraction of sp³-hybridized carbons (Fsp3) is 0.424. The zero-order chi connectivity index (χ0) is 31.8. The molecule has 4 aliphatic rings. The first-order chi connectivity index (χ1) is 22.4. The molecule has 1 atom stereocenters. The number of carbonyl (C=O) groups is 1. The number of nitrogens with one attached hydrogen (secondary N) is 2. The van der Waals surface area contributed by atoms with Crippen molar-refractivity contribution in [3.8, 4) is 5.75 Å². The number of hydroxylamine groups is 1. The van der Waals surface area contributed by atoms with Crippen molar-refractivity contribution in [3.63, 3.8) is 0 Å². The molecule has 2 N–H and O–H groups in total. The topological polar surface area (TPSA) is 98.3 Å². The summed E-state index contributed by atoms with van der Waals surface area (Å²) in [6.07, 6.45) is 5.84. The van der Waals surface area contributed by atoms with Gasteiger partial charge in [0.25, 0.3) is 0 Å². The van der Waals surface area contributed by atoms with Crippen LogP contribution in [0.1, 0.15) is 30.9 Å². The van der Waals surface area contributed by atoms with Crippen molar-refractivity contribution in [3.05, 3.63) is 72.6 Å². The lowest BCUT2D eigenvalue weighted by molar-refractivity contribution is -0.111. The second-order valence-electron chi connectivity index (χ2n) is 12.2. The van der Waals surface area contributed by atoms with E-state index in [0.717, 1.165) is 57.1 Å². The first-order valence-electron chi connectivity index (χ1n) is 15.7. The lowest BCUT2D eigenvalue weighted by Gasteiger charge is -2.49. The molecule has 1 saturated carbocycles. The summed E-state index contributed by atoms with van der Waals surface area (Å²) < 4.78 is 33.8. The number of carbonyl (C=O) groups excluding carboxylic acids is 1. The molecular weight excluding hydrogens is 594 g/mol. The molecule has 13 heteroatoms. The number of piperazine rings is 1. The van der Waals surface area contributed by atoms with Crippen LogP contribution in [0.15, 0.2) is 55.4 Å². The van der Waals surface area contributed by atoms with Gasteiger partial charge in [-0.05, 0) is 42.7 Å². The standard InChI is InChI=1S/C33H38F2N8O3/c1-3-33(44)39-26-15-27(30(45-2)16-29(26)42-18-25(19-42)41-9-7-40(8-10-41)24-4-5-24)38-31-17-32(37-20-36-31)43-28(6-11-46-43)21-12-22(34)14-23(35)13-21/h3,12-17,20,24-25,28H,1,4-11,18-19H2,2H3,(H,39,44)(H,36,37,38)/t28-/m1/s1. The van der Waals surface area contributed by atoms with Gasteiger partial charge < -0.3 is 20.3 Å². The summed E-state index contributed by atoms with van der Waals surface area (Å²) in [6.45, 7) is 10.1. The lowest BCUT2D eigenvalue weighted by atomic mass is 10.0. The predicted octanol–water partition coefficient (Wildman–Crippen LogP) is 4.48. The van der Waals surface area contributed by atoms with Crippen LogP contribution in [-0.2, 0) is 9.63 Å². The Bertz CT molecular complexity index is 1590. The Labute approximate surface area is 266 Å². The van der Waals surface area contributed by atoms with Crippen molar-refractivity contribution in [2.45, 2.75) is 37.4 Å². The second kappa shape index (κ2) is 12.8. The van der Waals surface area contributed by atoms with Gasteiger partial charge in [-0.3, -0.25) is 19.4 Å². The van der Waals surface area contributed by atoms with Crippen molar-refractivity contribution in [1.29, 1.82) is 0 Å². The Morgan fingerprint density at radius 3 is 2.35 bits per heavy atom. The van der Waals surface area contributed by atoms with Gasteiger partial charge in [0.15, 0.2) is 5.82 Å². The van der Waals surface area contributed by atoms with E-state index in [0.29, 0.717) is 53.4 Å². The number of hydrogen-bond acceptors (Lipinski definition) is 10. The zero-order valence-corrected chi connectivity index (χ0v) is 25.8. The molecule has 3 aliphatic heterocycles. The molecule has 3 aromatic rings. The van der Waals surface area contributed by atoms with Crippen LogP contribution in [0.5, 0.6) is 5.75 Å². The van der Waals surface area contributed by atoms with E-state index < -0.39 is 17.7 Å². The van der Waals surface area contributed by atoms with Crippen molar-refractivity contribution < 1.29 is 23.1 Å². The maximum Gasteiger partial charge on any atom is 0.247 e. The van der Waals surface area contributed by atoms with Crippen molar-refractivity contribution >= 4 is 34.6 Å². The predicted molar refractivity (Wildman–Crippen MR) is 171 cm³/mol. The number of benzene rings is 2. The second-order valence-corrected chi connectivity index (χ2v) is 12.2. The quantitative estimate of drug-likeness (QED) is 0.312. The van der Waals surface area contributed by atoms with Gasteiger partial charge in [-0.1, -0.05) is 6.58 Å². The lowest BCUT2D eigenvalue weighted by Crippen LogP contribution is -2.63. The highest BCUT2D eigenvalue weighted by molar-refractivity contribution is 6.02. The molecule has 46 heavy (non-hydrogen) atoms. The summed E-state index contributed by atoms with van der Waals surface area (Å²) in [5.41, 5.74) is 2.52. The number of methoxy groups -OCH3 is 1. The molecule has 1 aliphatic carbocycles. The summed E-state index contributed by atoms with van der Waals surface area (Å²) in [4.78, 5) is 34.5. The van der Waals surface area contributed by atoms with Crippen LogP contribution >= 0.6 is 0 Å². The fourth-order valence-corrected chi connectivity index (χ4v) is 6.61. The summed E-state index contributed by atoms with van der Waals surface area (Å²) in [5.74, 6) is -0.194. The molecule has 4 fully saturated rings. The van der Waals surface area contributed by atoms with Crippen LogP contribution in [0.2, 0.25) is 0 Å². The van der Waals surface area contributed by atoms with Gasteiger partial charge >= 0.3 is 0 Å². The third-order valence-electron chi connectivity index (χ3n) is 9.21. The summed E-state index contributed by atoms with van der Waals surface area (Å²) >= 11 is 0. The normalized spacial score (nSPS) is 20.8. The van der Waals surface area contributed by atoms with E-state index in [1.165, 1.54) is 37.4 Å². The molecule has 1 aromatic heterocycles. The first kappa shape index (κ1) is 30.3. The summed E-state index contributed by atoms with van der Waals surface area (Å²) in [5, 5.41) is 7.79. The Balaban J connectivity index is 1.09. The van der Waals surface area contributed by atoms with Gasteiger partial charge in [-0.2, -0.15) is 0 Å². The average Bonchev–Trinajstić information content (AvgIpc) is 3.76. The largest absolute Gasteiger partial charge is 0.494 e. The molecule has 11 nitrogen and oxygen atoms in total. The minimum Gasteiger partial charge on any atom is -0.494 e. The molecule has 0 radical (unpaired) electrons. The van der Waals surface area contributed by atoms with Crippen LogP contribution < -0.4 is 25.3 Å². The Morgan fingerprint density at radius 1 is 0.957 bits per heavy atom. The highest BCUT2D eigenvalue weighted by atomic mass is 19.1. The zero-order valence-electron chi connectivity index (χ0n) is 25.8. The van der Waals surface area contributed by atoms with Crippen LogP contribution in [0.25, 0.3) is 0 Å². The van der Waals surface area contributed by atoms with Crippen LogP contribution in [-0.4, -0.2) is 90.7 Å². The molecule has 3 saturated heterocycles. The Morgan fingerprint density at radius 2 is 1.67 bits per heavy atom. The molecule has 2 aromatic carbocycles. The van der Waals surface area contributed by atoms with Crippen LogP contribution in [0.4, 0.5) is 37.5 Å². The van der Waals surface area contributed by atoms with E-state index in [4.69, 9.17) is 9.57 Å². The summed E-state index contributed by atoms with van der Waals surface area (Å²) in [6, 6.07) is 9.73. The number of rotatable bonds is 10. The van der Waals surface area contributed by atoms with Gasteiger partial charge in [0.2, 0.25) is 5.91 Å². The van der Waals surface area contributed by atoms with E-state index in [-0.39, 0.29) is 5.91 Å². The smallest absolute Gasteiger partial charge is 0.247 e. The molecule has 0 unspecified atom stereocenters. The minimum atomic E-state index is -0.651. The highest BCUT2D eigenvalue weighted by Crippen LogP contribution is 2.41. The van der Waals surface area contributed by atoms with Crippen LogP contribution in [0, 0.1) is 11.6 Å². The number of ether oxygens (including phenoxy) is 1. The number of halogens is 2. The third kappa shape index (κ3) is 6.35. The van der Waals surface area contributed by atoms with Crippen molar-refractivity contribution in [1.82, 2.24) is 19.8 Å². The van der Waals surface area contributed by atoms with E-state index in [1.807, 2.05) is 12.1 Å². The van der Waals surface area contributed by atoms with E-state index in [9.17, 15) is 13.6 Å². The molecule has 0 bridgehead atoms. The SMILES string of the molecule is C=CC(=O)Nc1cc(Nc2cc(N3OCC[C@@H]3c3cc(F)cc(F)c3)ncn2)c(OC)cc1N1CC(N2CCN(C3CC3)CC2)C1. The summed E-state index contributed by atoms with van der Waals surface area (Å²) in [7, 11) is 1.59. The van der Waals surface area contributed by atoms with Gasteiger partial charge in [0.05, 0.1) is 36.8 Å². The van der Waals surface area contributed by atoms with E-state index in [1.54, 1.807) is 18.2 Å². The minimum absolute atomic E-state index is 0.319. The molecule has 0 spiro atoms. The average molecular weight is 633 g/mol. The fourth-order valence-electron chi connectivity index (χ4n) is 6.61. The van der Waals surface area contributed by atoms with Crippen molar-refractivity contribution in [2.75, 3.05) is 73.6 Å². The number of hydrogen-bond donors (Lipinski definition) is 2. The Hall–Kier alpha value is -4.33. The van der Waals surface area contributed by atoms with Gasteiger partial charge in [0.1, 0.15) is 29.5 Å². The monoisotopic (exact) mass is 632 g/mol. The maximum absolute atomic E-state index is 14.0. The molecule has 4 heterocycles. The number of amides is 1. The maximum atomic E-state index is 14.0. The molecular formula is C33H38F2N8O3.